The molecule has 2 rings (SSSR count). The van der Waals surface area contributed by atoms with Gasteiger partial charge in [0.25, 0.3) is 0 Å². The van der Waals surface area contributed by atoms with Crippen LogP contribution in [0.3, 0.4) is 0 Å². The third-order valence-corrected chi connectivity index (χ3v) is 4.19. The maximum atomic E-state index is 5.71. The molecule has 4 heteroatoms. The number of ether oxygens (including phenoxy) is 1. The summed E-state index contributed by atoms with van der Waals surface area (Å²) < 4.78 is 5.71. The topological polar surface area (TPSA) is 36.9 Å². The Hall–Kier alpha value is -0.770. The number of hydrogen-bond donors (Lipinski definition) is 1. The van der Waals surface area contributed by atoms with Gasteiger partial charge in [-0.05, 0) is 44.4 Å². The number of aliphatic imine (C=N–C) groups is 1. The van der Waals surface area contributed by atoms with Gasteiger partial charge in [0, 0.05) is 32.8 Å². The fourth-order valence-electron chi connectivity index (χ4n) is 2.55. The molecule has 1 N–H and O–H groups in total. The molecule has 0 amide bonds. The normalized spacial score (nSPS) is 25.6. The molecule has 4 nitrogen and oxygen atoms in total. The summed E-state index contributed by atoms with van der Waals surface area (Å²) in [5, 5.41) is 3.61. The first-order chi connectivity index (χ1) is 9.74. The van der Waals surface area contributed by atoms with Gasteiger partial charge < -0.3 is 15.0 Å². The lowest BCUT2D eigenvalue weighted by Crippen LogP contribution is -2.42. The molecule has 0 aromatic heterocycles. The van der Waals surface area contributed by atoms with E-state index in [4.69, 9.17) is 4.74 Å². The molecule has 0 radical (unpaired) electrons. The van der Waals surface area contributed by atoms with Crippen LogP contribution in [0.2, 0.25) is 0 Å². The lowest BCUT2D eigenvalue weighted by molar-refractivity contribution is 0.115. The molecule has 0 heterocycles. The monoisotopic (exact) mass is 281 g/mol. The standard InChI is InChI=1S/C16H31N3O/c1-4-6-14-11-15(14)18-16(17-5-2)19(3)9-10-20-12-13-7-8-13/h13-15H,4-12H2,1-3H3,(H,17,18). The summed E-state index contributed by atoms with van der Waals surface area (Å²) in [5.41, 5.74) is 0. The van der Waals surface area contributed by atoms with Crippen molar-refractivity contribution in [1.82, 2.24) is 10.2 Å². The molecule has 0 spiro atoms. The van der Waals surface area contributed by atoms with Gasteiger partial charge in [-0.15, -0.1) is 0 Å². The molecule has 2 aliphatic carbocycles. The second-order valence-corrected chi connectivity index (χ2v) is 6.27. The van der Waals surface area contributed by atoms with Crippen molar-refractivity contribution in [2.24, 2.45) is 16.8 Å². The molecule has 116 valence electrons. The van der Waals surface area contributed by atoms with E-state index >= 15 is 0 Å². The summed E-state index contributed by atoms with van der Waals surface area (Å²) in [4.78, 5) is 6.81. The Morgan fingerprint density at radius 3 is 2.80 bits per heavy atom. The van der Waals surface area contributed by atoms with Crippen molar-refractivity contribution in [1.29, 1.82) is 0 Å². The van der Waals surface area contributed by atoms with Gasteiger partial charge in [0.2, 0.25) is 0 Å². The molecule has 0 aliphatic heterocycles. The summed E-state index contributed by atoms with van der Waals surface area (Å²) in [5.74, 6) is 2.76. The molecule has 2 saturated carbocycles. The summed E-state index contributed by atoms with van der Waals surface area (Å²) in [6.45, 7) is 7.86. The summed E-state index contributed by atoms with van der Waals surface area (Å²) in [6.07, 6.45) is 6.66. The highest BCUT2D eigenvalue weighted by atomic mass is 16.5. The Labute approximate surface area is 124 Å². The summed E-state index contributed by atoms with van der Waals surface area (Å²) >= 11 is 0. The Morgan fingerprint density at radius 1 is 1.35 bits per heavy atom. The van der Waals surface area contributed by atoms with E-state index in [9.17, 15) is 0 Å². The summed E-state index contributed by atoms with van der Waals surface area (Å²) in [6, 6.07) is 0.648. The maximum absolute atomic E-state index is 5.71. The number of guanidine groups is 1. The molecule has 2 aliphatic rings. The smallest absolute Gasteiger partial charge is 0.193 e. The zero-order valence-electron chi connectivity index (χ0n) is 13.4. The van der Waals surface area contributed by atoms with E-state index in [0.717, 1.165) is 44.1 Å². The first-order valence-electron chi connectivity index (χ1n) is 8.34. The van der Waals surface area contributed by atoms with Crippen molar-refractivity contribution in [2.45, 2.75) is 52.0 Å². The van der Waals surface area contributed by atoms with Gasteiger partial charge in [0.1, 0.15) is 0 Å². The van der Waals surface area contributed by atoms with E-state index in [2.05, 4.69) is 36.1 Å². The molecule has 20 heavy (non-hydrogen) atoms. The quantitative estimate of drug-likeness (QED) is 0.401. The van der Waals surface area contributed by atoms with E-state index in [0.29, 0.717) is 6.04 Å². The van der Waals surface area contributed by atoms with Gasteiger partial charge >= 0.3 is 0 Å². The van der Waals surface area contributed by atoms with Gasteiger partial charge in [0.05, 0.1) is 6.61 Å². The van der Waals surface area contributed by atoms with Gasteiger partial charge in [-0.25, -0.2) is 0 Å². The van der Waals surface area contributed by atoms with Crippen molar-refractivity contribution < 1.29 is 4.74 Å². The Balaban J connectivity index is 1.65. The van der Waals surface area contributed by atoms with E-state index in [-0.39, 0.29) is 0 Å². The van der Waals surface area contributed by atoms with Crippen LogP contribution >= 0.6 is 0 Å². The first-order valence-corrected chi connectivity index (χ1v) is 8.34. The SMILES string of the molecule is CCCC1CC1NC(=NCC)N(C)CCOCC1CC1. The van der Waals surface area contributed by atoms with Crippen LogP contribution in [0.1, 0.15) is 46.0 Å². The number of nitrogens with zero attached hydrogens (tertiary/aromatic N) is 2. The molecule has 2 unspecified atom stereocenters. The first kappa shape index (κ1) is 15.6. The fraction of sp³-hybridized carbons (Fsp3) is 0.938. The van der Waals surface area contributed by atoms with Crippen LogP contribution < -0.4 is 5.32 Å². The van der Waals surface area contributed by atoms with Crippen LogP contribution in [0.15, 0.2) is 4.99 Å². The zero-order chi connectivity index (χ0) is 14.4. The summed E-state index contributed by atoms with van der Waals surface area (Å²) in [7, 11) is 2.11. The highest BCUT2D eigenvalue weighted by Gasteiger charge is 2.37. The molecule has 2 atom stereocenters. The molecule has 0 saturated heterocycles. The van der Waals surface area contributed by atoms with E-state index in [1.54, 1.807) is 0 Å². The van der Waals surface area contributed by atoms with Gasteiger partial charge in [0.15, 0.2) is 5.96 Å². The van der Waals surface area contributed by atoms with Crippen molar-refractivity contribution in [3.05, 3.63) is 0 Å². The minimum absolute atomic E-state index is 0.648. The largest absolute Gasteiger partial charge is 0.379 e. The molecular weight excluding hydrogens is 250 g/mol. The minimum Gasteiger partial charge on any atom is -0.379 e. The maximum Gasteiger partial charge on any atom is 0.193 e. The van der Waals surface area contributed by atoms with Crippen LogP contribution in [0.25, 0.3) is 0 Å². The Morgan fingerprint density at radius 2 is 2.15 bits per heavy atom. The highest BCUT2D eigenvalue weighted by Crippen LogP contribution is 2.34. The van der Waals surface area contributed by atoms with Crippen molar-refractivity contribution in [2.75, 3.05) is 33.4 Å². The third-order valence-electron chi connectivity index (χ3n) is 4.19. The average molecular weight is 281 g/mol. The van der Waals surface area contributed by atoms with Gasteiger partial charge in [-0.3, -0.25) is 4.99 Å². The van der Waals surface area contributed by atoms with Crippen LogP contribution in [0, 0.1) is 11.8 Å². The van der Waals surface area contributed by atoms with E-state index < -0.39 is 0 Å². The van der Waals surface area contributed by atoms with E-state index in [1.807, 2.05) is 0 Å². The second kappa shape index (κ2) is 7.87. The molecule has 0 aromatic carbocycles. The lowest BCUT2D eigenvalue weighted by atomic mass is 10.2. The Kier molecular flexibility index (Phi) is 6.14. The molecule has 0 aromatic rings. The van der Waals surface area contributed by atoms with Crippen molar-refractivity contribution >= 4 is 5.96 Å². The highest BCUT2D eigenvalue weighted by molar-refractivity contribution is 5.80. The fourth-order valence-corrected chi connectivity index (χ4v) is 2.55. The predicted molar refractivity (Wildman–Crippen MR) is 84.1 cm³/mol. The minimum atomic E-state index is 0.648. The third kappa shape index (κ3) is 5.31. The number of rotatable bonds is 9. The number of hydrogen-bond acceptors (Lipinski definition) is 2. The molecular formula is C16H31N3O. The van der Waals surface area contributed by atoms with Crippen LogP contribution in [-0.2, 0) is 4.74 Å². The average Bonchev–Trinajstić information content (AvgIpc) is 3.32. The predicted octanol–water partition coefficient (Wildman–Crippen LogP) is 2.50. The Bertz CT molecular complexity index is 315. The zero-order valence-corrected chi connectivity index (χ0v) is 13.4. The number of nitrogens with one attached hydrogen (secondary N) is 1. The number of likely N-dealkylation sites (N-methyl/N-ethyl adjacent to an activating group) is 1. The van der Waals surface area contributed by atoms with Crippen molar-refractivity contribution in [3.8, 4) is 0 Å². The lowest BCUT2D eigenvalue weighted by Gasteiger charge is -2.22. The second-order valence-electron chi connectivity index (χ2n) is 6.27. The molecule has 0 bridgehead atoms. The van der Waals surface area contributed by atoms with Crippen molar-refractivity contribution in [3.63, 3.8) is 0 Å². The van der Waals surface area contributed by atoms with Crippen LogP contribution in [-0.4, -0.2) is 50.3 Å². The van der Waals surface area contributed by atoms with Crippen LogP contribution in [0.5, 0.6) is 0 Å². The van der Waals surface area contributed by atoms with Gasteiger partial charge in [-0.1, -0.05) is 13.3 Å². The van der Waals surface area contributed by atoms with E-state index in [1.165, 1.54) is 32.1 Å². The van der Waals surface area contributed by atoms with Crippen LogP contribution in [0.4, 0.5) is 0 Å². The van der Waals surface area contributed by atoms with Gasteiger partial charge in [-0.2, -0.15) is 0 Å². The molecule has 2 fully saturated rings.